The molecule has 0 aliphatic heterocycles. The molecular formula is C15H19ClN4OS. The first-order chi connectivity index (χ1) is 10.5. The van der Waals surface area contributed by atoms with Gasteiger partial charge in [-0.15, -0.1) is 5.10 Å². The molecule has 0 bridgehead atoms. The van der Waals surface area contributed by atoms with Crippen molar-refractivity contribution in [3.05, 3.63) is 45.4 Å². The van der Waals surface area contributed by atoms with Gasteiger partial charge in [0.05, 0.1) is 11.7 Å². The van der Waals surface area contributed by atoms with Gasteiger partial charge < -0.3 is 10.2 Å². The number of hydrogen-bond donors (Lipinski definition) is 1. The number of rotatable bonds is 6. The maximum atomic E-state index is 12.4. The Bertz CT molecular complexity index is 627. The van der Waals surface area contributed by atoms with Gasteiger partial charge in [-0.3, -0.25) is 4.79 Å². The molecule has 2 aromatic rings. The third kappa shape index (κ3) is 4.50. The molecule has 5 nitrogen and oxygen atoms in total. The molecule has 22 heavy (non-hydrogen) atoms. The van der Waals surface area contributed by atoms with E-state index in [1.165, 1.54) is 0 Å². The molecule has 1 aromatic heterocycles. The van der Waals surface area contributed by atoms with E-state index in [1.807, 2.05) is 38.4 Å². The van der Waals surface area contributed by atoms with Crippen LogP contribution >= 0.6 is 23.1 Å². The molecule has 1 N–H and O–H groups in total. The quantitative estimate of drug-likeness (QED) is 0.879. The van der Waals surface area contributed by atoms with Gasteiger partial charge in [-0.1, -0.05) is 28.2 Å². The van der Waals surface area contributed by atoms with Gasteiger partial charge in [0, 0.05) is 5.02 Å². The van der Waals surface area contributed by atoms with E-state index in [4.69, 9.17) is 11.6 Å². The Morgan fingerprint density at radius 3 is 2.59 bits per heavy atom. The maximum Gasteiger partial charge on any atom is 0.265 e. The summed E-state index contributed by atoms with van der Waals surface area (Å²) in [5, 5.41) is 7.64. The minimum atomic E-state index is -0.133. The van der Waals surface area contributed by atoms with Crippen LogP contribution in [0.2, 0.25) is 5.02 Å². The molecule has 0 radical (unpaired) electrons. The number of nitrogens with zero attached hydrogens (tertiary/aromatic N) is 3. The van der Waals surface area contributed by atoms with Crippen LogP contribution in [0.5, 0.6) is 0 Å². The lowest BCUT2D eigenvalue weighted by Crippen LogP contribution is -2.30. The summed E-state index contributed by atoms with van der Waals surface area (Å²) < 4.78 is 3.81. The number of amides is 1. The van der Waals surface area contributed by atoms with Gasteiger partial charge in [0.2, 0.25) is 0 Å². The lowest BCUT2D eigenvalue weighted by atomic mass is 10.0. The smallest absolute Gasteiger partial charge is 0.265 e. The Hall–Kier alpha value is -1.50. The second kappa shape index (κ2) is 7.67. The van der Waals surface area contributed by atoms with E-state index in [2.05, 4.69) is 19.8 Å². The van der Waals surface area contributed by atoms with Crippen LogP contribution in [0.15, 0.2) is 24.3 Å². The van der Waals surface area contributed by atoms with E-state index < -0.39 is 0 Å². The van der Waals surface area contributed by atoms with E-state index in [9.17, 15) is 4.79 Å². The molecule has 1 heterocycles. The van der Waals surface area contributed by atoms with Gasteiger partial charge in [0.25, 0.3) is 5.91 Å². The summed E-state index contributed by atoms with van der Waals surface area (Å²) in [6, 6.07) is 7.49. The van der Waals surface area contributed by atoms with Crippen LogP contribution in [0.1, 0.15) is 33.4 Å². The van der Waals surface area contributed by atoms with E-state index >= 15 is 0 Å². The number of aromatic nitrogens is 2. The summed E-state index contributed by atoms with van der Waals surface area (Å²) in [5.74, 6) is -0.133. The number of nitrogens with one attached hydrogen (secondary N) is 1. The second-order valence-electron chi connectivity index (χ2n) is 5.36. The number of benzene rings is 1. The minimum Gasteiger partial charge on any atom is -0.344 e. The average Bonchev–Trinajstić information content (AvgIpc) is 2.90. The molecule has 0 aliphatic carbocycles. The summed E-state index contributed by atoms with van der Waals surface area (Å²) in [4.78, 5) is 15.1. The van der Waals surface area contributed by atoms with Crippen LogP contribution in [0, 0.1) is 6.92 Å². The fraction of sp³-hybridized carbons (Fsp3) is 0.400. The van der Waals surface area contributed by atoms with Crippen molar-refractivity contribution < 1.29 is 4.79 Å². The Morgan fingerprint density at radius 1 is 1.36 bits per heavy atom. The minimum absolute atomic E-state index is 0.0753. The number of halogens is 1. The third-order valence-corrected chi connectivity index (χ3v) is 4.38. The largest absolute Gasteiger partial charge is 0.344 e. The fourth-order valence-electron chi connectivity index (χ4n) is 2.07. The first-order valence-corrected chi connectivity index (χ1v) is 8.12. The highest BCUT2D eigenvalue weighted by molar-refractivity contribution is 7.08. The van der Waals surface area contributed by atoms with Crippen LogP contribution in [-0.2, 0) is 0 Å². The van der Waals surface area contributed by atoms with Crippen molar-refractivity contribution in [2.45, 2.75) is 19.4 Å². The van der Waals surface area contributed by atoms with Crippen molar-refractivity contribution in [2.75, 3.05) is 20.6 Å². The first kappa shape index (κ1) is 16.9. The van der Waals surface area contributed by atoms with Crippen LogP contribution in [0.25, 0.3) is 0 Å². The maximum absolute atomic E-state index is 12.4. The highest BCUT2D eigenvalue weighted by Crippen LogP contribution is 2.21. The van der Waals surface area contributed by atoms with Crippen molar-refractivity contribution in [2.24, 2.45) is 0 Å². The van der Waals surface area contributed by atoms with Gasteiger partial charge in [0.15, 0.2) is 0 Å². The summed E-state index contributed by atoms with van der Waals surface area (Å²) in [7, 11) is 4.02. The van der Waals surface area contributed by atoms with Crippen LogP contribution in [0.4, 0.5) is 0 Å². The van der Waals surface area contributed by atoms with Crippen molar-refractivity contribution in [1.29, 1.82) is 0 Å². The number of carbonyl (C=O) groups is 1. The summed E-state index contributed by atoms with van der Waals surface area (Å²) in [5.41, 5.74) is 1.69. The number of hydrogen-bond acceptors (Lipinski definition) is 5. The summed E-state index contributed by atoms with van der Waals surface area (Å²) in [6.07, 6.45) is 0.811. The molecule has 1 amide bonds. The molecule has 0 saturated carbocycles. The number of carbonyl (C=O) groups excluding carboxylic acids is 1. The predicted octanol–water partition coefficient (Wildman–Crippen LogP) is 2.92. The molecule has 2 rings (SSSR count). The lowest BCUT2D eigenvalue weighted by molar-refractivity contribution is 0.0936. The van der Waals surface area contributed by atoms with Crippen LogP contribution in [0.3, 0.4) is 0 Å². The Kier molecular flexibility index (Phi) is 5.88. The molecule has 1 unspecified atom stereocenters. The van der Waals surface area contributed by atoms with Crippen molar-refractivity contribution >= 4 is 29.0 Å². The SMILES string of the molecule is Cc1nnsc1C(=O)NC(CCN(C)C)c1ccc(Cl)cc1. The Morgan fingerprint density at radius 2 is 2.05 bits per heavy atom. The normalized spacial score (nSPS) is 12.4. The zero-order chi connectivity index (χ0) is 16.1. The van der Waals surface area contributed by atoms with E-state index in [0.717, 1.165) is 30.1 Å². The molecule has 118 valence electrons. The van der Waals surface area contributed by atoms with Crippen molar-refractivity contribution in [3.63, 3.8) is 0 Å². The molecule has 0 saturated heterocycles. The van der Waals surface area contributed by atoms with Crippen LogP contribution in [-0.4, -0.2) is 41.0 Å². The van der Waals surface area contributed by atoms with Crippen molar-refractivity contribution in [1.82, 2.24) is 19.8 Å². The van der Waals surface area contributed by atoms with Crippen molar-refractivity contribution in [3.8, 4) is 0 Å². The van der Waals surface area contributed by atoms with Gasteiger partial charge in [0.1, 0.15) is 4.88 Å². The van der Waals surface area contributed by atoms with E-state index in [1.54, 1.807) is 6.92 Å². The second-order valence-corrected chi connectivity index (χ2v) is 6.55. The zero-order valence-electron chi connectivity index (χ0n) is 12.8. The molecular weight excluding hydrogens is 320 g/mol. The molecule has 0 fully saturated rings. The molecule has 0 aliphatic rings. The lowest BCUT2D eigenvalue weighted by Gasteiger charge is -2.21. The highest BCUT2D eigenvalue weighted by Gasteiger charge is 2.19. The Balaban J connectivity index is 2.15. The first-order valence-electron chi connectivity index (χ1n) is 6.97. The number of aryl methyl sites for hydroxylation is 1. The zero-order valence-corrected chi connectivity index (χ0v) is 14.4. The van der Waals surface area contributed by atoms with E-state index in [-0.39, 0.29) is 11.9 Å². The monoisotopic (exact) mass is 338 g/mol. The summed E-state index contributed by atoms with van der Waals surface area (Å²) >= 11 is 7.06. The molecule has 1 atom stereocenters. The van der Waals surface area contributed by atoms with Gasteiger partial charge in [-0.2, -0.15) is 0 Å². The topological polar surface area (TPSA) is 58.1 Å². The Labute approximate surface area is 139 Å². The van der Waals surface area contributed by atoms with E-state index in [0.29, 0.717) is 15.6 Å². The highest BCUT2D eigenvalue weighted by atomic mass is 35.5. The van der Waals surface area contributed by atoms with Gasteiger partial charge in [-0.05, 0) is 63.2 Å². The fourth-order valence-corrected chi connectivity index (χ4v) is 2.75. The average molecular weight is 339 g/mol. The van der Waals surface area contributed by atoms with Gasteiger partial charge in [-0.25, -0.2) is 0 Å². The third-order valence-electron chi connectivity index (χ3n) is 3.30. The predicted molar refractivity (Wildman–Crippen MR) is 89.5 cm³/mol. The standard InChI is InChI=1S/C15H19ClN4OS/c1-10-14(22-19-18-10)15(21)17-13(8-9-20(2)3)11-4-6-12(16)7-5-11/h4-7,13H,8-9H2,1-3H3,(H,17,21). The molecule has 0 spiro atoms. The molecule has 7 heteroatoms. The van der Waals surface area contributed by atoms with Gasteiger partial charge >= 0.3 is 0 Å². The summed E-state index contributed by atoms with van der Waals surface area (Å²) in [6.45, 7) is 2.66. The molecule has 1 aromatic carbocycles. The van der Waals surface area contributed by atoms with Crippen LogP contribution < -0.4 is 5.32 Å².